The number of halogens is 1. The number of hydrogen-bond acceptors (Lipinski definition) is 4. The molecule has 0 atom stereocenters. The second-order valence-electron chi connectivity index (χ2n) is 9.32. The van der Waals surface area contributed by atoms with Gasteiger partial charge in [-0.1, -0.05) is 45.4 Å². The quantitative estimate of drug-likeness (QED) is 0.585. The van der Waals surface area contributed by atoms with Gasteiger partial charge in [0.25, 0.3) is 5.91 Å². The number of nitrogens with one attached hydrogen (secondary N) is 1. The first-order valence-electron chi connectivity index (χ1n) is 10.2. The van der Waals surface area contributed by atoms with Crippen LogP contribution in [0.4, 0.5) is 5.69 Å². The third kappa shape index (κ3) is 4.47. The number of benzene rings is 1. The average Bonchev–Trinajstić information content (AvgIpc) is 2.70. The first kappa shape index (κ1) is 22.9. The van der Waals surface area contributed by atoms with Crippen LogP contribution < -0.4 is 14.8 Å². The second kappa shape index (κ2) is 8.39. The third-order valence-electron chi connectivity index (χ3n) is 5.75. The van der Waals surface area contributed by atoms with Crippen LogP contribution in [-0.2, 0) is 0 Å². The van der Waals surface area contributed by atoms with Gasteiger partial charge in [0.15, 0.2) is 0 Å². The van der Waals surface area contributed by atoms with Crippen LogP contribution in [0.5, 0.6) is 11.5 Å². The van der Waals surface area contributed by atoms with Crippen molar-refractivity contribution in [3.05, 3.63) is 58.7 Å². The van der Waals surface area contributed by atoms with Crippen LogP contribution in [0.25, 0.3) is 4.85 Å². The summed E-state index contributed by atoms with van der Waals surface area (Å²) in [4.78, 5) is 20.5. The lowest BCUT2D eigenvalue weighted by molar-refractivity contribution is -0.164. The Kier molecular flexibility index (Phi) is 6.20. The minimum atomic E-state index is -0.329. The number of rotatable bonds is 6. The van der Waals surface area contributed by atoms with Gasteiger partial charge in [-0.2, -0.15) is 0 Å². The van der Waals surface area contributed by atoms with E-state index in [9.17, 15) is 4.79 Å². The van der Waals surface area contributed by atoms with Crippen molar-refractivity contribution in [1.82, 2.24) is 10.3 Å². The van der Waals surface area contributed by atoms with E-state index < -0.39 is 0 Å². The molecule has 164 valence electrons. The molecule has 1 fully saturated rings. The van der Waals surface area contributed by atoms with Crippen molar-refractivity contribution >= 4 is 23.2 Å². The minimum absolute atomic E-state index is 0.0439. The Morgan fingerprint density at radius 3 is 2.32 bits per heavy atom. The minimum Gasteiger partial charge on any atom is -0.489 e. The number of ether oxygens (including phenoxy) is 2. The number of carbonyl (C=O) groups excluding carboxylic acids is 1. The van der Waals surface area contributed by atoms with Gasteiger partial charge >= 0.3 is 0 Å². The molecule has 0 aliphatic heterocycles. The molecule has 0 spiro atoms. The molecule has 1 saturated carbocycles. The summed E-state index contributed by atoms with van der Waals surface area (Å²) in [6, 6.07) is 8.37. The van der Waals surface area contributed by atoms with Crippen molar-refractivity contribution in [1.29, 1.82) is 0 Å². The Labute approximate surface area is 188 Å². The van der Waals surface area contributed by atoms with E-state index in [4.69, 9.17) is 27.6 Å². The largest absolute Gasteiger partial charge is 0.489 e. The Hall–Kier alpha value is -2.78. The molecule has 2 aromatic rings. The molecular weight excluding hydrogens is 414 g/mol. The number of carbonyl (C=O) groups is 1. The molecule has 1 aliphatic carbocycles. The van der Waals surface area contributed by atoms with Crippen molar-refractivity contribution in [2.24, 2.45) is 10.8 Å². The highest BCUT2D eigenvalue weighted by molar-refractivity contribution is 6.33. The highest BCUT2D eigenvalue weighted by Gasteiger charge is 2.64. The molecule has 0 bridgehead atoms. The summed E-state index contributed by atoms with van der Waals surface area (Å²) >= 11 is 6.15. The lowest BCUT2D eigenvalue weighted by Crippen LogP contribution is -2.74. The predicted molar refractivity (Wildman–Crippen MR) is 121 cm³/mol. The Balaban J connectivity index is 1.71. The van der Waals surface area contributed by atoms with Crippen molar-refractivity contribution in [2.45, 2.75) is 59.8 Å². The van der Waals surface area contributed by atoms with Crippen LogP contribution in [0.15, 0.2) is 36.5 Å². The number of nitrogens with zero attached hydrogens (tertiary/aromatic N) is 2. The summed E-state index contributed by atoms with van der Waals surface area (Å²) in [6.45, 7) is 19.3. The van der Waals surface area contributed by atoms with Crippen LogP contribution in [0.2, 0.25) is 5.02 Å². The molecule has 1 amide bonds. The van der Waals surface area contributed by atoms with Gasteiger partial charge in [-0.25, -0.2) is 9.83 Å². The highest BCUT2D eigenvalue weighted by atomic mass is 35.5. The van der Waals surface area contributed by atoms with Crippen molar-refractivity contribution in [2.75, 3.05) is 0 Å². The molecule has 1 aliphatic rings. The van der Waals surface area contributed by atoms with Gasteiger partial charge in [0, 0.05) is 16.9 Å². The molecule has 3 rings (SSSR count). The summed E-state index contributed by atoms with van der Waals surface area (Å²) in [7, 11) is 0. The fourth-order valence-corrected chi connectivity index (χ4v) is 4.86. The van der Waals surface area contributed by atoms with E-state index in [0.717, 1.165) is 0 Å². The van der Waals surface area contributed by atoms with E-state index in [-0.39, 0.29) is 35.0 Å². The molecular formula is C24H28ClN3O3. The first-order chi connectivity index (χ1) is 14.5. The van der Waals surface area contributed by atoms with Gasteiger partial charge in [-0.15, -0.1) is 0 Å². The normalized spacial score (nSPS) is 21.0. The lowest BCUT2D eigenvalue weighted by atomic mass is 9.49. The van der Waals surface area contributed by atoms with E-state index in [1.807, 2.05) is 13.8 Å². The average molecular weight is 442 g/mol. The van der Waals surface area contributed by atoms with Gasteiger partial charge in [0.2, 0.25) is 5.69 Å². The maximum atomic E-state index is 12.8. The van der Waals surface area contributed by atoms with Crippen molar-refractivity contribution < 1.29 is 14.3 Å². The summed E-state index contributed by atoms with van der Waals surface area (Å²) in [6.07, 6.45) is 1.45. The monoisotopic (exact) mass is 441 g/mol. The fraction of sp³-hybridized carbons (Fsp3) is 0.458. The Morgan fingerprint density at radius 2 is 1.81 bits per heavy atom. The first-order valence-corrected chi connectivity index (χ1v) is 10.6. The van der Waals surface area contributed by atoms with Crippen LogP contribution >= 0.6 is 11.6 Å². The van der Waals surface area contributed by atoms with Gasteiger partial charge in [0.1, 0.15) is 23.3 Å². The van der Waals surface area contributed by atoms with E-state index in [1.54, 1.807) is 36.5 Å². The zero-order chi connectivity index (χ0) is 23.0. The summed E-state index contributed by atoms with van der Waals surface area (Å²) in [5.74, 6) is 1.01. The van der Waals surface area contributed by atoms with E-state index in [2.05, 4.69) is 42.8 Å². The summed E-state index contributed by atoms with van der Waals surface area (Å²) in [5.41, 5.74) is 0.0764. The summed E-state index contributed by atoms with van der Waals surface area (Å²) in [5, 5.41) is 3.49. The lowest BCUT2D eigenvalue weighted by Gasteiger charge is -2.63. The standard InChI is InChI=1S/C24H28ClN3O3/c1-14(2)30-16-9-11-19(27-13-16)20(29)28-21-23(3,4)22(24(21,5)6)31-15-8-10-18(26-7)17(25)12-15/h8-14,21-22H,1-6H3,(H,28,29). The van der Waals surface area contributed by atoms with Crippen LogP contribution in [0, 0.1) is 17.4 Å². The molecule has 31 heavy (non-hydrogen) atoms. The maximum absolute atomic E-state index is 12.8. The van der Waals surface area contributed by atoms with E-state index in [0.29, 0.717) is 27.9 Å². The van der Waals surface area contributed by atoms with E-state index in [1.165, 1.54) is 0 Å². The topological polar surface area (TPSA) is 64.8 Å². The third-order valence-corrected chi connectivity index (χ3v) is 6.05. The highest BCUT2D eigenvalue weighted by Crippen LogP contribution is 2.55. The molecule has 0 saturated heterocycles. The molecule has 0 radical (unpaired) electrons. The molecule has 1 heterocycles. The SMILES string of the molecule is [C-]#[N+]c1ccc(OC2C(C)(C)C(NC(=O)c3ccc(OC(C)C)cn3)C2(C)C)cc1Cl. The smallest absolute Gasteiger partial charge is 0.270 e. The molecule has 1 aromatic heterocycles. The number of amides is 1. The van der Waals surface area contributed by atoms with Gasteiger partial charge in [-0.05, 0) is 38.1 Å². The molecule has 6 nitrogen and oxygen atoms in total. The van der Waals surface area contributed by atoms with Crippen molar-refractivity contribution in [3.8, 4) is 11.5 Å². The van der Waals surface area contributed by atoms with Crippen LogP contribution in [0.3, 0.4) is 0 Å². The number of pyridine rings is 1. The summed E-state index contributed by atoms with van der Waals surface area (Å²) < 4.78 is 11.8. The van der Waals surface area contributed by atoms with Crippen LogP contribution in [-0.4, -0.2) is 29.1 Å². The zero-order valence-electron chi connectivity index (χ0n) is 18.7. The number of aromatic nitrogens is 1. The Bertz CT molecular complexity index is 994. The van der Waals surface area contributed by atoms with Gasteiger partial charge in [-0.3, -0.25) is 4.79 Å². The number of hydrogen-bond donors (Lipinski definition) is 1. The van der Waals surface area contributed by atoms with Crippen molar-refractivity contribution in [3.63, 3.8) is 0 Å². The maximum Gasteiger partial charge on any atom is 0.270 e. The Morgan fingerprint density at radius 1 is 1.16 bits per heavy atom. The second-order valence-corrected chi connectivity index (χ2v) is 9.73. The van der Waals surface area contributed by atoms with E-state index >= 15 is 0 Å². The molecule has 7 heteroatoms. The molecule has 1 N–H and O–H groups in total. The fourth-order valence-electron chi connectivity index (χ4n) is 4.65. The van der Waals surface area contributed by atoms with Gasteiger partial charge in [0.05, 0.1) is 23.9 Å². The van der Waals surface area contributed by atoms with Gasteiger partial charge < -0.3 is 14.8 Å². The van der Waals surface area contributed by atoms with Crippen LogP contribution in [0.1, 0.15) is 52.0 Å². The predicted octanol–water partition coefficient (Wildman–Crippen LogP) is 5.68. The molecule has 1 aromatic carbocycles. The zero-order valence-corrected chi connectivity index (χ0v) is 19.4. The molecule has 0 unspecified atom stereocenters.